The molecule has 0 aromatic heterocycles. The number of carbonyl (C=O) groups is 1. The molecule has 6 heteroatoms. The summed E-state index contributed by atoms with van der Waals surface area (Å²) in [4.78, 5) is 10.2. The van der Waals surface area contributed by atoms with E-state index < -0.39 is 5.97 Å². The fraction of sp³-hybridized carbons (Fsp3) is 0.600. The van der Waals surface area contributed by atoms with Gasteiger partial charge in [-0.15, -0.1) is 0 Å². The first kappa shape index (κ1) is 10.6. The molecule has 64 valence electrons. The summed E-state index contributed by atoms with van der Waals surface area (Å²) in [5, 5.41) is 9.00. The van der Waals surface area contributed by atoms with Crippen molar-refractivity contribution >= 4 is 22.9 Å². The summed E-state index contributed by atoms with van der Waals surface area (Å²) < 4.78 is 1.66. The van der Waals surface area contributed by atoms with Crippen LogP contribution in [0.5, 0.6) is 0 Å². The van der Waals surface area contributed by atoms with Gasteiger partial charge in [0.25, 0.3) is 0 Å². The van der Waals surface area contributed by atoms with Crippen molar-refractivity contribution in [3.05, 3.63) is 0 Å². The lowest BCUT2D eigenvalue weighted by Crippen LogP contribution is -3.00. The normalized spacial score (nSPS) is 16.4. The van der Waals surface area contributed by atoms with Crippen LogP contribution in [0.3, 0.4) is 0 Å². The van der Waals surface area contributed by atoms with Crippen LogP contribution in [-0.2, 0) is 4.79 Å². The molecule has 0 aromatic rings. The third-order valence-electron chi connectivity index (χ3n) is 1.25. The van der Waals surface area contributed by atoms with Gasteiger partial charge in [-0.05, 0) is 11.8 Å². The average molecular weight is 197 g/mol. The van der Waals surface area contributed by atoms with Crippen LogP contribution in [0.25, 0.3) is 0 Å². The van der Waals surface area contributed by atoms with Crippen LogP contribution < -0.4 is 18.1 Å². The molecule has 0 unspecified atom stereocenters. The van der Waals surface area contributed by atoms with Crippen LogP contribution in [0.4, 0.5) is 0 Å². The van der Waals surface area contributed by atoms with E-state index in [0.717, 1.165) is 12.3 Å². The van der Waals surface area contributed by atoms with Crippen LogP contribution in [-0.4, -0.2) is 39.7 Å². The highest BCUT2D eigenvalue weighted by Crippen LogP contribution is 2.06. The first-order valence-electron chi connectivity index (χ1n) is 2.92. The number of hydrogen-bond donors (Lipinski definition) is 2. The SMILES string of the molecule is NC1=[N+](CC(=O)O)CCS1.[Cl-]. The Hall–Kier alpha value is -0.420. The van der Waals surface area contributed by atoms with Gasteiger partial charge in [0.1, 0.15) is 0 Å². The fourth-order valence-corrected chi connectivity index (χ4v) is 1.64. The zero-order chi connectivity index (χ0) is 7.56. The summed E-state index contributed by atoms with van der Waals surface area (Å²) in [6, 6.07) is 0. The zero-order valence-electron chi connectivity index (χ0n) is 5.79. The van der Waals surface area contributed by atoms with Crippen LogP contribution >= 0.6 is 11.8 Å². The Labute approximate surface area is 74.9 Å². The van der Waals surface area contributed by atoms with Crippen molar-refractivity contribution in [2.75, 3.05) is 18.8 Å². The van der Waals surface area contributed by atoms with Gasteiger partial charge in [0.15, 0.2) is 6.54 Å². The standard InChI is InChI=1S/C5H8N2O2S.ClH/c6-5-7(1-2-10-5)3-4(8)9;/h6H,1-3H2,(H,8,9);1H. The van der Waals surface area contributed by atoms with Crippen molar-refractivity contribution in [1.82, 2.24) is 0 Å². The molecule has 0 aliphatic carbocycles. The number of carboxylic acid groups (broad SMARTS) is 1. The molecular formula is C5H9ClN2O2S. The maximum absolute atomic E-state index is 10.2. The molecule has 11 heavy (non-hydrogen) atoms. The second-order valence-electron chi connectivity index (χ2n) is 2.00. The summed E-state index contributed by atoms with van der Waals surface area (Å²) in [6.07, 6.45) is 0. The van der Waals surface area contributed by atoms with Crippen LogP contribution in [0.15, 0.2) is 0 Å². The summed E-state index contributed by atoms with van der Waals surface area (Å²) in [7, 11) is 0. The fourth-order valence-electron chi connectivity index (χ4n) is 0.782. The van der Waals surface area contributed by atoms with Gasteiger partial charge < -0.3 is 17.5 Å². The first-order chi connectivity index (χ1) is 4.70. The monoisotopic (exact) mass is 196 g/mol. The minimum absolute atomic E-state index is 0. The molecule has 0 spiro atoms. The predicted octanol–water partition coefficient (Wildman–Crippen LogP) is -3.85. The average Bonchev–Trinajstić information content (AvgIpc) is 2.15. The number of amidine groups is 1. The van der Waals surface area contributed by atoms with Gasteiger partial charge in [0.05, 0.1) is 6.54 Å². The highest BCUT2D eigenvalue weighted by molar-refractivity contribution is 8.13. The lowest BCUT2D eigenvalue weighted by molar-refractivity contribution is -0.508. The number of halogens is 1. The smallest absolute Gasteiger partial charge is 0.345 e. The predicted molar refractivity (Wildman–Crippen MR) is 39.3 cm³/mol. The molecule has 0 radical (unpaired) electrons. The van der Waals surface area contributed by atoms with Gasteiger partial charge in [-0.25, -0.2) is 9.37 Å². The molecule has 1 aliphatic heterocycles. The van der Waals surface area contributed by atoms with Crippen LogP contribution in [0, 0.1) is 0 Å². The second-order valence-corrected chi connectivity index (χ2v) is 3.12. The number of nitrogens with two attached hydrogens (primary N) is 1. The number of carboxylic acids is 1. The molecule has 1 aliphatic rings. The maximum Gasteiger partial charge on any atom is 0.345 e. The van der Waals surface area contributed by atoms with Gasteiger partial charge in [-0.1, -0.05) is 0 Å². The minimum atomic E-state index is -0.828. The molecule has 0 amide bonds. The maximum atomic E-state index is 10.2. The molecular weight excluding hydrogens is 188 g/mol. The topological polar surface area (TPSA) is 66.3 Å². The quantitative estimate of drug-likeness (QED) is 0.444. The van der Waals surface area contributed by atoms with Crippen molar-refractivity contribution in [2.45, 2.75) is 0 Å². The van der Waals surface area contributed by atoms with Crippen molar-refractivity contribution in [3.8, 4) is 0 Å². The number of aliphatic carboxylic acids is 1. The zero-order valence-corrected chi connectivity index (χ0v) is 7.36. The van der Waals surface area contributed by atoms with Crippen molar-refractivity contribution in [2.24, 2.45) is 5.73 Å². The Morgan fingerprint density at radius 3 is 2.82 bits per heavy atom. The van der Waals surface area contributed by atoms with E-state index >= 15 is 0 Å². The summed E-state index contributed by atoms with van der Waals surface area (Å²) in [5.41, 5.74) is 5.47. The van der Waals surface area contributed by atoms with E-state index in [4.69, 9.17) is 10.8 Å². The van der Waals surface area contributed by atoms with Crippen molar-refractivity contribution in [3.63, 3.8) is 0 Å². The Balaban J connectivity index is 0.000001000. The largest absolute Gasteiger partial charge is 1.00 e. The lowest BCUT2D eigenvalue weighted by atomic mass is 10.6. The molecule has 1 rings (SSSR count). The minimum Gasteiger partial charge on any atom is -1.00 e. The van der Waals surface area contributed by atoms with E-state index in [2.05, 4.69) is 0 Å². The molecule has 0 bridgehead atoms. The molecule has 0 fully saturated rings. The van der Waals surface area contributed by atoms with Gasteiger partial charge in [-0.3, -0.25) is 5.73 Å². The molecule has 0 saturated carbocycles. The highest BCUT2D eigenvalue weighted by Gasteiger charge is 2.19. The molecule has 1 heterocycles. The molecule has 0 aromatic carbocycles. The second kappa shape index (κ2) is 4.46. The van der Waals surface area contributed by atoms with E-state index in [1.54, 1.807) is 4.58 Å². The molecule has 4 nitrogen and oxygen atoms in total. The Morgan fingerprint density at radius 1 is 1.82 bits per heavy atom. The van der Waals surface area contributed by atoms with Crippen molar-refractivity contribution in [1.29, 1.82) is 0 Å². The summed E-state index contributed by atoms with van der Waals surface area (Å²) >= 11 is 1.50. The van der Waals surface area contributed by atoms with Gasteiger partial charge in [-0.2, -0.15) is 0 Å². The number of rotatable bonds is 2. The van der Waals surface area contributed by atoms with Gasteiger partial charge >= 0.3 is 11.1 Å². The number of thioether (sulfide) groups is 1. The third kappa shape index (κ3) is 2.98. The Bertz CT molecular complexity index is 195. The van der Waals surface area contributed by atoms with Gasteiger partial charge in [0.2, 0.25) is 0 Å². The summed E-state index contributed by atoms with van der Waals surface area (Å²) in [6.45, 7) is 0.779. The first-order valence-corrected chi connectivity index (χ1v) is 3.90. The lowest BCUT2D eigenvalue weighted by Gasteiger charge is -1.94. The molecule has 0 saturated heterocycles. The summed E-state index contributed by atoms with van der Waals surface area (Å²) in [5.74, 6) is 0.0736. The van der Waals surface area contributed by atoms with Crippen LogP contribution in [0.2, 0.25) is 0 Å². The Morgan fingerprint density at radius 2 is 2.45 bits per heavy atom. The highest BCUT2D eigenvalue weighted by atomic mass is 35.5. The van der Waals surface area contributed by atoms with E-state index in [0.29, 0.717) is 5.17 Å². The van der Waals surface area contributed by atoms with E-state index in [-0.39, 0.29) is 19.0 Å². The van der Waals surface area contributed by atoms with E-state index in [9.17, 15) is 4.79 Å². The number of hydrogen-bond acceptors (Lipinski definition) is 3. The van der Waals surface area contributed by atoms with Gasteiger partial charge in [0, 0.05) is 5.75 Å². The molecule has 3 N–H and O–H groups in total. The third-order valence-corrected chi connectivity index (χ3v) is 2.19. The van der Waals surface area contributed by atoms with Crippen LogP contribution in [0.1, 0.15) is 0 Å². The molecule has 0 atom stereocenters. The van der Waals surface area contributed by atoms with Crippen molar-refractivity contribution < 1.29 is 26.9 Å². The van der Waals surface area contributed by atoms with E-state index in [1.807, 2.05) is 0 Å². The van der Waals surface area contributed by atoms with E-state index in [1.165, 1.54) is 11.8 Å². The number of nitrogens with zero attached hydrogens (tertiary/aromatic N) is 1. The Kier molecular flexibility index (Phi) is 4.29.